The Bertz CT molecular complexity index is 448. The smallest absolute Gasteiger partial charge is 0.305 e. The summed E-state index contributed by atoms with van der Waals surface area (Å²) in [6.07, 6.45) is 1.48. The molecule has 0 saturated heterocycles. The lowest BCUT2D eigenvalue weighted by Crippen LogP contribution is -2.53. The van der Waals surface area contributed by atoms with Crippen molar-refractivity contribution in [2.45, 2.75) is 44.3 Å². The molecule has 4 N–H and O–H groups in total. The van der Waals surface area contributed by atoms with Crippen molar-refractivity contribution >= 4 is 130 Å². The van der Waals surface area contributed by atoms with Gasteiger partial charge in [0.15, 0.2) is 0 Å². The van der Waals surface area contributed by atoms with Gasteiger partial charge in [0.1, 0.15) is 6.29 Å². The number of nitrogens with one attached hydrogen (secondary N) is 2. The van der Waals surface area contributed by atoms with Crippen LogP contribution in [0.5, 0.6) is 0 Å². The molecule has 16 heteroatoms. The predicted octanol–water partition coefficient (Wildman–Crippen LogP) is -0.248. The number of esters is 1. The Morgan fingerprint density at radius 1 is 0.967 bits per heavy atom. The van der Waals surface area contributed by atoms with E-state index in [1.165, 1.54) is 0 Å². The topological polar surface area (TPSA) is 128 Å². The number of aldehydes is 1. The Morgan fingerprint density at radius 3 is 1.80 bits per heavy atom. The van der Waals surface area contributed by atoms with E-state index in [0.717, 1.165) is 0 Å². The Labute approximate surface area is 231 Å². The molecule has 0 spiro atoms. The maximum atomic E-state index is 12.2. The minimum absolute atomic E-state index is 0. The molecule has 0 amide bonds. The van der Waals surface area contributed by atoms with Crippen molar-refractivity contribution in [1.82, 2.24) is 10.7 Å². The number of carbonyl (C=O) groups excluding carboxylic acids is 4. The van der Waals surface area contributed by atoms with E-state index >= 15 is 0 Å². The fourth-order valence-electron chi connectivity index (χ4n) is 1.78. The SMILES string of the molecule is CCCOC(=O)CCC(C=O)N[C@@H](CS)C(=O)C(=O)[C@H](CS)NN.S.S.S.S.S.S. The largest absolute Gasteiger partial charge is 0.466 e. The minimum Gasteiger partial charge on any atom is -0.466 e. The predicted molar refractivity (Wildman–Crippen MR) is 158 cm³/mol. The van der Waals surface area contributed by atoms with Gasteiger partial charge >= 0.3 is 5.97 Å². The second-order valence-corrected chi connectivity index (χ2v) is 5.76. The summed E-state index contributed by atoms with van der Waals surface area (Å²) < 4.78 is 4.91. The van der Waals surface area contributed by atoms with Gasteiger partial charge in [0.05, 0.1) is 24.7 Å². The van der Waals surface area contributed by atoms with Crippen LogP contribution < -0.4 is 16.6 Å². The highest BCUT2D eigenvalue weighted by atomic mass is 32.1. The molecule has 0 saturated carbocycles. The first-order valence-electron chi connectivity index (χ1n) is 7.57. The zero-order valence-electron chi connectivity index (χ0n) is 16.6. The van der Waals surface area contributed by atoms with Crippen LogP contribution >= 0.6 is 106 Å². The Hall–Kier alpha value is 1.16. The molecule has 0 aliphatic heterocycles. The number of ketones is 2. The van der Waals surface area contributed by atoms with Crippen LogP contribution in [0.3, 0.4) is 0 Å². The molecule has 8 nitrogen and oxygen atoms in total. The van der Waals surface area contributed by atoms with Crippen molar-refractivity contribution in [2.75, 3.05) is 18.1 Å². The van der Waals surface area contributed by atoms with Crippen LogP contribution in [0.1, 0.15) is 26.2 Å². The number of hydrogen-bond acceptors (Lipinski definition) is 10. The number of thiol groups is 2. The van der Waals surface area contributed by atoms with Crippen molar-refractivity contribution in [2.24, 2.45) is 5.84 Å². The lowest BCUT2D eigenvalue weighted by molar-refractivity contribution is -0.143. The molecule has 186 valence electrons. The number of hydrazine groups is 1. The molecule has 0 bridgehead atoms. The zero-order valence-corrected chi connectivity index (χ0v) is 24.4. The summed E-state index contributed by atoms with van der Waals surface area (Å²) in [5.41, 5.74) is 2.21. The number of Topliss-reactive ketones (excluding diaryl/α,β-unsaturated/α-hetero) is 2. The lowest BCUT2D eigenvalue weighted by Gasteiger charge is -2.21. The van der Waals surface area contributed by atoms with Crippen molar-refractivity contribution < 1.29 is 23.9 Å². The van der Waals surface area contributed by atoms with E-state index in [0.29, 0.717) is 19.3 Å². The van der Waals surface area contributed by atoms with Crippen molar-refractivity contribution in [1.29, 1.82) is 0 Å². The fourth-order valence-corrected chi connectivity index (χ4v) is 2.32. The summed E-state index contributed by atoms with van der Waals surface area (Å²) in [4.78, 5) is 46.7. The van der Waals surface area contributed by atoms with Crippen LogP contribution in [0.15, 0.2) is 0 Å². The third-order valence-corrected chi connectivity index (χ3v) is 3.88. The van der Waals surface area contributed by atoms with Gasteiger partial charge in [-0.3, -0.25) is 25.5 Å². The van der Waals surface area contributed by atoms with Gasteiger partial charge in [-0.15, -0.1) is 0 Å². The van der Waals surface area contributed by atoms with Gasteiger partial charge in [-0.05, 0) is 12.8 Å². The molecule has 1 unspecified atom stereocenters. The van der Waals surface area contributed by atoms with E-state index in [1.807, 2.05) is 6.92 Å². The summed E-state index contributed by atoms with van der Waals surface area (Å²) in [5.74, 6) is 3.35. The fraction of sp³-hybridized carbons (Fsp3) is 0.714. The van der Waals surface area contributed by atoms with E-state index in [9.17, 15) is 19.2 Å². The van der Waals surface area contributed by atoms with Crippen molar-refractivity contribution in [3.63, 3.8) is 0 Å². The monoisotopic (exact) mass is 583 g/mol. The van der Waals surface area contributed by atoms with Gasteiger partial charge in [0.2, 0.25) is 11.6 Å². The van der Waals surface area contributed by atoms with Gasteiger partial charge in [0.25, 0.3) is 0 Å². The molecule has 0 aliphatic rings. The van der Waals surface area contributed by atoms with Crippen LogP contribution in [0.25, 0.3) is 0 Å². The molecular formula is C14H37N3O5S8. The highest BCUT2D eigenvalue weighted by molar-refractivity contribution is 7.80. The maximum Gasteiger partial charge on any atom is 0.305 e. The molecule has 0 heterocycles. The molecule has 0 fully saturated rings. The molecule has 3 atom stereocenters. The molecule has 0 aromatic heterocycles. The highest BCUT2D eigenvalue weighted by Gasteiger charge is 2.30. The number of ether oxygens (including phenoxy) is 1. The van der Waals surface area contributed by atoms with Gasteiger partial charge in [0, 0.05) is 17.9 Å². The Balaban J connectivity index is -0.000000176. The summed E-state index contributed by atoms with van der Waals surface area (Å²) in [6.45, 7) is 2.19. The molecular weight excluding hydrogens is 547 g/mol. The first kappa shape index (κ1) is 48.6. The molecule has 0 rings (SSSR count). The molecule has 0 aromatic rings. The minimum atomic E-state index is -0.960. The van der Waals surface area contributed by atoms with E-state index in [2.05, 4.69) is 36.0 Å². The quantitative estimate of drug-likeness (QED) is 0.0473. The molecule has 0 aromatic carbocycles. The molecule has 0 radical (unpaired) electrons. The summed E-state index contributed by atoms with van der Waals surface area (Å²) in [7, 11) is 0. The standard InChI is InChI=1S/C14H25N3O5S2.6H2S/c1-2-5-22-12(19)4-3-9(6-18)16-10(7-23)13(20)14(21)11(8-24)17-15;;;;;;/h6,9-11,16-17,23-24H,2-5,7-8,15H2,1H3;6*1H2/t9?,10-,11-;;;;;;/m0....../s1. The molecule has 30 heavy (non-hydrogen) atoms. The van der Waals surface area contributed by atoms with Gasteiger partial charge < -0.3 is 9.53 Å². The Kier molecular flexibility index (Phi) is 48.8. The van der Waals surface area contributed by atoms with E-state index in [-0.39, 0.29) is 105 Å². The highest BCUT2D eigenvalue weighted by Crippen LogP contribution is 2.03. The van der Waals surface area contributed by atoms with E-state index < -0.39 is 35.7 Å². The number of rotatable bonds is 14. The number of nitrogens with two attached hydrogens (primary N) is 1. The van der Waals surface area contributed by atoms with Crippen LogP contribution in [0.2, 0.25) is 0 Å². The molecule has 0 aliphatic carbocycles. The normalized spacial score (nSPS) is 11.6. The zero-order chi connectivity index (χ0) is 18.5. The summed E-state index contributed by atoms with van der Waals surface area (Å²) >= 11 is 7.97. The van der Waals surface area contributed by atoms with Gasteiger partial charge in [-0.2, -0.15) is 106 Å². The van der Waals surface area contributed by atoms with Gasteiger partial charge in [-0.1, -0.05) is 6.92 Å². The third-order valence-electron chi connectivity index (χ3n) is 3.15. The van der Waals surface area contributed by atoms with Crippen molar-refractivity contribution in [3.8, 4) is 0 Å². The first-order chi connectivity index (χ1) is 11.4. The lowest BCUT2D eigenvalue weighted by atomic mass is 10.0. The maximum absolute atomic E-state index is 12.2. The van der Waals surface area contributed by atoms with Crippen molar-refractivity contribution in [3.05, 3.63) is 0 Å². The third kappa shape index (κ3) is 19.8. The van der Waals surface area contributed by atoms with E-state index in [4.69, 9.17) is 10.6 Å². The van der Waals surface area contributed by atoms with Crippen LogP contribution in [0.4, 0.5) is 0 Å². The Morgan fingerprint density at radius 2 is 1.43 bits per heavy atom. The van der Waals surface area contributed by atoms with Crippen LogP contribution in [-0.4, -0.2) is 60.1 Å². The number of carbonyl (C=O) groups is 4. The van der Waals surface area contributed by atoms with Gasteiger partial charge in [-0.25, -0.2) is 5.43 Å². The first-order valence-corrected chi connectivity index (χ1v) is 8.84. The second kappa shape index (κ2) is 30.2. The van der Waals surface area contributed by atoms with Crippen LogP contribution in [0, 0.1) is 0 Å². The summed E-state index contributed by atoms with van der Waals surface area (Å²) in [5, 5.41) is 2.73. The average Bonchev–Trinajstić information content (AvgIpc) is 2.60. The second-order valence-electron chi connectivity index (χ2n) is 5.03. The average molecular weight is 584 g/mol. The number of hydrogen-bond donors (Lipinski definition) is 5. The van der Waals surface area contributed by atoms with Crippen LogP contribution in [-0.2, 0) is 23.9 Å². The summed E-state index contributed by atoms with van der Waals surface area (Å²) in [6, 6.07) is -2.64. The van der Waals surface area contributed by atoms with E-state index in [1.54, 1.807) is 0 Å².